The van der Waals surface area contributed by atoms with Crippen LogP contribution in [-0.4, -0.2) is 29.9 Å². The fourth-order valence-electron chi connectivity index (χ4n) is 2.44. The summed E-state index contributed by atoms with van der Waals surface area (Å²) < 4.78 is 4.99. The van der Waals surface area contributed by atoms with Gasteiger partial charge in [0.2, 0.25) is 5.91 Å². The minimum Gasteiger partial charge on any atom is -0.465 e. The van der Waals surface area contributed by atoms with Crippen molar-refractivity contribution in [1.29, 1.82) is 0 Å². The molecule has 1 aromatic carbocycles. The van der Waals surface area contributed by atoms with Crippen LogP contribution < -0.4 is 0 Å². The quantitative estimate of drug-likeness (QED) is 0.780. The van der Waals surface area contributed by atoms with Gasteiger partial charge in [-0.15, -0.1) is 0 Å². The second-order valence-corrected chi connectivity index (χ2v) is 5.01. The Labute approximate surface area is 113 Å². The summed E-state index contributed by atoms with van der Waals surface area (Å²) in [7, 11) is 0. The highest BCUT2D eigenvalue weighted by Gasteiger charge is 2.33. The molecule has 1 aromatic rings. The number of rotatable bonds is 4. The highest BCUT2D eigenvalue weighted by Crippen LogP contribution is 2.28. The monoisotopic (exact) mass is 261 g/mol. The van der Waals surface area contributed by atoms with Crippen molar-refractivity contribution in [3.63, 3.8) is 0 Å². The van der Waals surface area contributed by atoms with Crippen LogP contribution in [0, 0.1) is 5.92 Å². The second-order valence-electron chi connectivity index (χ2n) is 5.01. The maximum atomic E-state index is 12.0. The first-order valence-electron chi connectivity index (χ1n) is 6.55. The largest absolute Gasteiger partial charge is 0.465 e. The summed E-state index contributed by atoms with van der Waals surface area (Å²) in [6.45, 7) is 4.41. The Morgan fingerprint density at radius 3 is 2.74 bits per heavy atom. The van der Waals surface area contributed by atoms with Gasteiger partial charge >= 0.3 is 5.97 Å². The lowest BCUT2D eigenvalue weighted by molar-refractivity contribution is -0.142. The van der Waals surface area contributed by atoms with Crippen molar-refractivity contribution >= 4 is 11.9 Å². The van der Waals surface area contributed by atoms with Gasteiger partial charge in [-0.1, -0.05) is 30.3 Å². The normalized spacial score (nSPS) is 20.4. The van der Waals surface area contributed by atoms with Gasteiger partial charge in [0.1, 0.15) is 0 Å². The molecule has 1 saturated heterocycles. The molecule has 0 aliphatic carbocycles. The lowest BCUT2D eigenvalue weighted by Gasteiger charge is -2.25. The van der Waals surface area contributed by atoms with Crippen molar-refractivity contribution in [2.24, 2.45) is 5.92 Å². The van der Waals surface area contributed by atoms with Gasteiger partial charge in [0, 0.05) is 25.8 Å². The molecule has 0 aromatic heterocycles. The summed E-state index contributed by atoms with van der Waals surface area (Å²) in [5, 5.41) is 0. The fourth-order valence-corrected chi connectivity index (χ4v) is 2.44. The number of benzene rings is 1. The van der Waals surface area contributed by atoms with E-state index in [1.165, 1.54) is 6.92 Å². The topological polar surface area (TPSA) is 46.6 Å². The van der Waals surface area contributed by atoms with Crippen molar-refractivity contribution < 1.29 is 14.3 Å². The lowest BCUT2D eigenvalue weighted by Crippen LogP contribution is -2.29. The van der Waals surface area contributed by atoms with Crippen molar-refractivity contribution in [1.82, 2.24) is 4.90 Å². The number of hydrogen-bond donors (Lipinski definition) is 0. The first-order chi connectivity index (χ1) is 9.08. The number of amides is 1. The standard InChI is InChI=1S/C15H19NO3/c1-11(14-6-4-3-5-7-14)16-9-13(8-15(16)18)10-19-12(2)17/h3-7,11,13H,8-10H2,1-2H3/t11-,13?/m0/s1. The molecule has 1 amide bonds. The van der Waals surface area contributed by atoms with Crippen LogP contribution in [0.1, 0.15) is 31.9 Å². The van der Waals surface area contributed by atoms with Crippen molar-refractivity contribution in [2.75, 3.05) is 13.2 Å². The maximum absolute atomic E-state index is 12.0. The van der Waals surface area contributed by atoms with Crippen LogP contribution in [0.4, 0.5) is 0 Å². The summed E-state index contributed by atoms with van der Waals surface area (Å²) in [6.07, 6.45) is 0.463. The number of ether oxygens (including phenoxy) is 1. The molecule has 1 heterocycles. The summed E-state index contributed by atoms with van der Waals surface area (Å²) in [6, 6.07) is 10.0. The molecule has 4 heteroatoms. The number of hydrogen-bond acceptors (Lipinski definition) is 3. The Morgan fingerprint density at radius 2 is 2.11 bits per heavy atom. The number of likely N-dealkylation sites (tertiary alicyclic amines) is 1. The van der Waals surface area contributed by atoms with Crippen LogP contribution >= 0.6 is 0 Å². The van der Waals surface area contributed by atoms with E-state index in [2.05, 4.69) is 0 Å². The van der Waals surface area contributed by atoms with Crippen LogP contribution in [-0.2, 0) is 14.3 Å². The zero-order chi connectivity index (χ0) is 13.8. The van der Waals surface area contributed by atoms with Crippen molar-refractivity contribution in [3.05, 3.63) is 35.9 Å². The van der Waals surface area contributed by atoms with E-state index in [0.717, 1.165) is 5.56 Å². The minimum absolute atomic E-state index is 0.0658. The minimum atomic E-state index is -0.290. The van der Waals surface area contributed by atoms with Crippen LogP contribution in [0.15, 0.2) is 30.3 Å². The van der Waals surface area contributed by atoms with E-state index < -0.39 is 0 Å². The molecule has 2 rings (SSSR count). The predicted molar refractivity (Wildman–Crippen MR) is 71.3 cm³/mol. The van der Waals surface area contributed by atoms with E-state index in [0.29, 0.717) is 19.6 Å². The van der Waals surface area contributed by atoms with E-state index in [1.807, 2.05) is 42.2 Å². The van der Waals surface area contributed by atoms with E-state index in [-0.39, 0.29) is 23.8 Å². The Kier molecular flexibility index (Phi) is 4.20. The summed E-state index contributed by atoms with van der Waals surface area (Å²) in [5.74, 6) is -0.0434. The third-order valence-electron chi connectivity index (χ3n) is 3.51. The lowest BCUT2D eigenvalue weighted by atomic mass is 10.1. The molecule has 102 valence electrons. The molecule has 4 nitrogen and oxygen atoms in total. The molecule has 0 bridgehead atoms. The summed E-state index contributed by atoms with van der Waals surface area (Å²) in [5.41, 5.74) is 1.13. The number of carbonyl (C=O) groups is 2. The summed E-state index contributed by atoms with van der Waals surface area (Å²) in [4.78, 5) is 24.7. The van der Waals surface area contributed by atoms with E-state index >= 15 is 0 Å². The zero-order valence-electron chi connectivity index (χ0n) is 11.3. The Bertz CT molecular complexity index is 458. The van der Waals surface area contributed by atoms with Crippen LogP contribution in [0.2, 0.25) is 0 Å². The fraction of sp³-hybridized carbons (Fsp3) is 0.467. The molecule has 0 radical (unpaired) electrons. The number of esters is 1. The van der Waals surface area contributed by atoms with Gasteiger partial charge in [0.05, 0.1) is 12.6 Å². The van der Waals surface area contributed by atoms with Gasteiger partial charge in [-0.2, -0.15) is 0 Å². The zero-order valence-corrected chi connectivity index (χ0v) is 11.3. The van der Waals surface area contributed by atoms with Gasteiger partial charge in [-0.05, 0) is 12.5 Å². The molecule has 0 N–H and O–H groups in total. The van der Waals surface area contributed by atoms with E-state index in [4.69, 9.17) is 4.74 Å². The third kappa shape index (κ3) is 3.34. The molecule has 1 aliphatic heterocycles. The Morgan fingerprint density at radius 1 is 1.42 bits per heavy atom. The molecular weight excluding hydrogens is 242 g/mol. The summed E-state index contributed by atoms with van der Waals surface area (Å²) >= 11 is 0. The van der Waals surface area contributed by atoms with Crippen LogP contribution in [0.25, 0.3) is 0 Å². The predicted octanol–water partition coefficient (Wildman–Crippen LogP) is 2.16. The smallest absolute Gasteiger partial charge is 0.302 e. The maximum Gasteiger partial charge on any atom is 0.302 e. The second kappa shape index (κ2) is 5.87. The first-order valence-corrected chi connectivity index (χ1v) is 6.55. The Hall–Kier alpha value is -1.84. The number of nitrogens with zero attached hydrogens (tertiary/aromatic N) is 1. The highest BCUT2D eigenvalue weighted by atomic mass is 16.5. The van der Waals surface area contributed by atoms with Crippen LogP contribution in [0.3, 0.4) is 0 Å². The molecule has 0 saturated carbocycles. The molecule has 0 spiro atoms. The van der Waals surface area contributed by atoms with Gasteiger partial charge in [0.15, 0.2) is 0 Å². The molecular formula is C15H19NO3. The van der Waals surface area contributed by atoms with Gasteiger partial charge in [-0.3, -0.25) is 9.59 Å². The molecule has 1 aliphatic rings. The van der Waals surface area contributed by atoms with E-state index in [1.54, 1.807) is 0 Å². The molecule has 2 atom stereocenters. The molecule has 19 heavy (non-hydrogen) atoms. The van der Waals surface area contributed by atoms with Gasteiger partial charge in [-0.25, -0.2) is 0 Å². The van der Waals surface area contributed by atoms with Crippen molar-refractivity contribution in [3.8, 4) is 0 Å². The van der Waals surface area contributed by atoms with Gasteiger partial charge in [0.25, 0.3) is 0 Å². The molecule has 1 unspecified atom stereocenters. The average molecular weight is 261 g/mol. The first kappa shape index (κ1) is 13.6. The highest BCUT2D eigenvalue weighted by molar-refractivity contribution is 5.79. The Balaban J connectivity index is 1.98. The van der Waals surface area contributed by atoms with Crippen molar-refractivity contribution in [2.45, 2.75) is 26.3 Å². The molecule has 1 fully saturated rings. The van der Waals surface area contributed by atoms with Crippen LogP contribution in [0.5, 0.6) is 0 Å². The third-order valence-corrected chi connectivity index (χ3v) is 3.51. The van der Waals surface area contributed by atoms with Gasteiger partial charge < -0.3 is 9.64 Å². The number of carbonyl (C=O) groups excluding carboxylic acids is 2. The van der Waals surface area contributed by atoms with E-state index in [9.17, 15) is 9.59 Å². The SMILES string of the molecule is CC(=O)OCC1CC(=O)N([C@@H](C)c2ccccc2)C1. The average Bonchev–Trinajstić information content (AvgIpc) is 2.78.